The number of carboxylic acids is 1. The fourth-order valence-corrected chi connectivity index (χ4v) is 2.30. The van der Waals surface area contributed by atoms with Gasteiger partial charge in [0.05, 0.1) is 18.1 Å². The largest absolute Gasteiger partial charge is 0.481 e. The van der Waals surface area contributed by atoms with Crippen molar-refractivity contribution in [3.8, 4) is 0 Å². The van der Waals surface area contributed by atoms with Crippen molar-refractivity contribution in [1.82, 2.24) is 5.32 Å². The van der Waals surface area contributed by atoms with Crippen LogP contribution in [0.1, 0.15) is 33.6 Å². The van der Waals surface area contributed by atoms with Crippen LogP contribution in [0.25, 0.3) is 0 Å². The molecule has 7 nitrogen and oxygen atoms in total. The molecule has 4 atom stereocenters. The third-order valence-electron chi connectivity index (χ3n) is 3.28. The van der Waals surface area contributed by atoms with E-state index in [1.165, 1.54) is 0 Å². The van der Waals surface area contributed by atoms with Crippen LogP contribution in [0.4, 0.5) is 4.79 Å². The molecule has 0 aromatic rings. The SMILES string of the molecule is CC(C)(C)OC(=O)NC[C@@H]1C[C@@H](O)[C@@H](O)C[C@@H]1C(=O)O. The van der Waals surface area contributed by atoms with E-state index < -0.39 is 41.7 Å². The Morgan fingerprint density at radius 3 is 2.25 bits per heavy atom. The molecule has 1 amide bonds. The number of rotatable bonds is 3. The zero-order valence-corrected chi connectivity index (χ0v) is 12.0. The maximum Gasteiger partial charge on any atom is 0.407 e. The van der Waals surface area contributed by atoms with Gasteiger partial charge >= 0.3 is 12.1 Å². The standard InChI is InChI=1S/C13H23NO6/c1-13(2,3)20-12(19)14-6-7-4-9(15)10(16)5-8(7)11(17)18/h7-10,15-16H,4-6H2,1-3H3,(H,14,19)(H,17,18)/t7-,8-,9+,10-/m0/s1. The van der Waals surface area contributed by atoms with Crippen LogP contribution < -0.4 is 5.32 Å². The van der Waals surface area contributed by atoms with Crippen molar-refractivity contribution in [2.24, 2.45) is 11.8 Å². The molecule has 0 saturated heterocycles. The molecule has 0 aromatic carbocycles. The molecule has 0 bridgehead atoms. The summed E-state index contributed by atoms with van der Waals surface area (Å²) in [6.07, 6.45) is -2.50. The van der Waals surface area contributed by atoms with Crippen LogP contribution in [-0.2, 0) is 9.53 Å². The molecule has 7 heteroatoms. The average Bonchev–Trinajstić information content (AvgIpc) is 2.27. The van der Waals surface area contributed by atoms with Gasteiger partial charge in [-0.2, -0.15) is 0 Å². The number of carbonyl (C=O) groups is 2. The number of hydrogen-bond donors (Lipinski definition) is 4. The molecule has 0 unspecified atom stereocenters. The Bertz CT molecular complexity index is 364. The van der Waals surface area contributed by atoms with Gasteiger partial charge in [0.1, 0.15) is 5.60 Å². The number of ether oxygens (including phenoxy) is 1. The van der Waals surface area contributed by atoms with E-state index in [4.69, 9.17) is 9.84 Å². The highest BCUT2D eigenvalue weighted by molar-refractivity contribution is 5.71. The Labute approximate surface area is 117 Å². The predicted octanol–water partition coefficient (Wildman–Crippen LogP) is 0.344. The minimum atomic E-state index is -1.04. The number of carboxylic acid groups (broad SMARTS) is 1. The van der Waals surface area contributed by atoms with Gasteiger partial charge in [0, 0.05) is 6.54 Å². The Morgan fingerprint density at radius 2 is 1.75 bits per heavy atom. The Kier molecular flexibility index (Phi) is 5.35. The Morgan fingerprint density at radius 1 is 1.20 bits per heavy atom. The molecule has 0 aliphatic heterocycles. The van der Waals surface area contributed by atoms with Gasteiger partial charge in [-0.25, -0.2) is 4.79 Å². The molecule has 0 heterocycles. The number of nitrogens with one attached hydrogen (secondary N) is 1. The summed E-state index contributed by atoms with van der Waals surface area (Å²) in [5, 5.41) is 30.8. The van der Waals surface area contributed by atoms with Crippen LogP contribution in [0, 0.1) is 11.8 Å². The van der Waals surface area contributed by atoms with Crippen molar-refractivity contribution in [2.45, 2.75) is 51.4 Å². The Hall–Kier alpha value is -1.34. The fourth-order valence-electron chi connectivity index (χ4n) is 2.30. The summed E-state index contributed by atoms with van der Waals surface area (Å²) < 4.78 is 5.06. The first-order chi connectivity index (χ1) is 9.10. The molecule has 1 aliphatic carbocycles. The number of aliphatic hydroxyl groups is 2. The zero-order chi connectivity index (χ0) is 15.5. The van der Waals surface area contributed by atoms with Crippen molar-refractivity contribution < 1.29 is 29.6 Å². The van der Waals surface area contributed by atoms with Gasteiger partial charge in [0.15, 0.2) is 0 Å². The molecule has 1 rings (SSSR count). The van der Waals surface area contributed by atoms with Crippen LogP contribution >= 0.6 is 0 Å². The summed E-state index contributed by atoms with van der Waals surface area (Å²) in [4.78, 5) is 22.7. The number of alkyl carbamates (subject to hydrolysis) is 1. The fraction of sp³-hybridized carbons (Fsp3) is 0.846. The predicted molar refractivity (Wildman–Crippen MR) is 70.1 cm³/mol. The van der Waals surface area contributed by atoms with Gasteiger partial charge in [-0.1, -0.05) is 0 Å². The second-order valence-electron chi connectivity index (χ2n) is 6.19. The average molecular weight is 289 g/mol. The van der Waals surface area contributed by atoms with E-state index in [1.807, 2.05) is 0 Å². The minimum absolute atomic E-state index is 0.0167. The lowest BCUT2D eigenvalue weighted by molar-refractivity contribution is -0.150. The van der Waals surface area contributed by atoms with Crippen molar-refractivity contribution in [3.63, 3.8) is 0 Å². The van der Waals surface area contributed by atoms with Gasteiger partial charge in [-0.05, 0) is 39.5 Å². The molecule has 0 radical (unpaired) electrons. The van der Waals surface area contributed by atoms with E-state index in [0.717, 1.165) is 0 Å². The van der Waals surface area contributed by atoms with Crippen LogP contribution in [0.2, 0.25) is 0 Å². The lowest BCUT2D eigenvalue weighted by Gasteiger charge is -2.35. The molecule has 0 aromatic heterocycles. The van der Waals surface area contributed by atoms with Crippen LogP contribution in [-0.4, -0.2) is 51.7 Å². The van der Waals surface area contributed by atoms with Gasteiger partial charge in [0.25, 0.3) is 0 Å². The third kappa shape index (κ3) is 4.97. The highest BCUT2D eigenvalue weighted by atomic mass is 16.6. The first-order valence-corrected chi connectivity index (χ1v) is 6.66. The first kappa shape index (κ1) is 16.7. The molecule has 1 fully saturated rings. The lowest BCUT2D eigenvalue weighted by atomic mass is 9.76. The van der Waals surface area contributed by atoms with Crippen molar-refractivity contribution >= 4 is 12.1 Å². The Balaban J connectivity index is 2.55. The summed E-state index contributed by atoms with van der Waals surface area (Å²) in [7, 11) is 0. The third-order valence-corrected chi connectivity index (χ3v) is 3.28. The summed E-state index contributed by atoms with van der Waals surface area (Å²) in [5.41, 5.74) is -0.626. The molecule has 116 valence electrons. The van der Waals surface area contributed by atoms with Crippen molar-refractivity contribution in [3.05, 3.63) is 0 Å². The summed E-state index contributed by atoms with van der Waals surface area (Å²) in [5.74, 6) is -2.26. The van der Waals surface area contributed by atoms with Crippen LogP contribution in [0.15, 0.2) is 0 Å². The summed E-state index contributed by atoms with van der Waals surface area (Å²) in [6.45, 7) is 5.28. The van der Waals surface area contributed by atoms with E-state index in [2.05, 4.69) is 5.32 Å². The molecular formula is C13H23NO6. The highest BCUT2D eigenvalue weighted by Gasteiger charge is 2.39. The number of aliphatic carboxylic acids is 1. The molecule has 1 saturated carbocycles. The summed E-state index contributed by atoms with van der Waals surface area (Å²) >= 11 is 0. The maximum absolute atomic E-state index is 11.5. The maximum atomic E-state index is 11.5. The number of carbonyl (C=O) groups excluding carboxylic acids is 1. The van der Waals surface area contributed by atoms with Crippen molar-refractivity contribution in [2.75, 3.05) is 6.54 Å². The number of aliphatic hydroxyl groups excluding tert-OH is 2. The van der Waals surface area contributed by atoms with E-state index in [0.29, 0.717) is 0 Å². The monoisotopic (exact) mass is 289 g/mol. The second-order valence-corrected chi connectivity index (χ2v) is 6.19. The summed E-state index contributed by atoms with van der Waals surface area (Å²) in [6, 6.07) is 0. The van der Waals surface area contributed by atoms with Gasteiger partial charge < -0.3 is 25.4 Å². The van der Waals surface area contributed by atoms with E-state index in [9.17, 15) is 19.8 Å². The van der Waals surface area contributed by atoms with E-state index in [1.54, 1.807) is 20.8 Å². The minimum Gasteiger partial charge on any atom is -0.481 e. The molecule has 1 aliphatic rings. The topological polar surface area (TPSA) is 116 Å². The quantitative estimate of drug-likeness (QED) is 0.595. The van der Waals surface area contributed by atoms with Crippen LogP contribution in [0.3, 0.4) is 0 Å². The second kappa shape index (κ2) is 6.41. The van der Waals surface area contributed by atoms with Crippen molar-refractivity contribution in [1.29, 1.82) is 0 Å². The lowest BCUT2D eigenvalue weighted by Crippen LogP contribution is -2.46. The van der Waals surface area contributed by atoms with Gasteiger partial charge in [-0.15, -0.1) is 0 Å². The molecular weight excluding hydrogens is 266 g/mol. The molecule has 4 N–H and O–H groups in total. The van der Waals surface area contributed by atoms with Gasteiger partial charge in [0.2, 0.25) is 0 Å². The highest BCUT2D eigenvalue weighted by Crippen LogP contribution is 2.30. The zero-order valence-electron chi connectivity index (χ0n) is 12.0. The number of hydrogen-bond acceptors (Lipinski definition) is 5. The smallest absolute Gasteiger partial charge is 0.407 e. The molecule has 20 heavy (non-hydrogen) atoms. The normalized spacial score (nSPS) is 30.6. The van der Waals surface area contributed by atoms with Crippen LogP contribution in [0.5, 0.6) is 0 Å². The number of amides is 1. The van der Waals surface area contributed by atoms with E-state index in [-0.39, 0.29) is 19.4 Å². The molecule has 0 spiro atoms. The van der Waals surface area contributed by atoms with E-state index >= 15 is 0 Å². The van der Waals surface area contributed by atoms with Gasteiger partial charge in [-0.3, -0.25) is 4.79 Å². The first-order valence-electron chi connectivity index (χ1n) is 6.66.